The smallest absolute Gasteiger partial charge is 0.116 e. The Kier molecular flexibility index (Phi) is 2.68. The maximum Gasteiger partial charge on any atom is 0.116 e. The molecule has 0 aliphatic carbocycles. The molecule has 0 saturated carbocycles. The minimum absolute atomic E-state index is 0.604. The van der Waals surface area contributed by atoms with Crippen LogP contribution in [0.25, 0.3) is 0 Å². The summed E-state index contributed by atoms with van der Waals surface area (Å²) in [6.45, 7) is 1.66. The van der Waals surface area contributed by atoms with Gasteiger partial charge in [-0.15, -0.1) is 0 Å². The molecule has 53 valence electrons. The second kappa shape index (κ2) is 3.34. The third kappa shape index (κ3) is 1.70. The summed E-state index contributed by atoms with van der Waals surface area (Å²) >= 11 is 2.18. The fraction of sp³-hybridized carbons (Fsp3) is 0.250. The Labute approximate surface area is 74.2 Å². The van der Waals surface area contributed by atoms with E-state index < -0.39 is 6.10 Å². The van der Waals surface area contributed by atoms with E-state index in [1.54, 1.807) is 6.92 Å². The van der Waals surface area contributed by atoms with Crippen molar-refractivity contribution in [2.45, 2.75) is 13.0 Å². The monoisotopic (exact) mass is 247 g/mol. The summed E-state index contributed by atoms with van der Waals surface area (Å²) in [6, 6.07) is 7.66. The van der Waals surface area contributed by atoms with E-state index in [9.17, 15) is 5.11 Å². The Balaban J connectivity index is 3.03. The van der Waals surface area contributed by atoms with E-state index in [1.807, 2.05) is 24.3 Å². The highest BCUT2D eigenvalue weighted by atomic mass is 127. The molecule has 0 N–H and O–H groups in total. The van der Waals surface area contributed by atoms with E-state index in [1.165, 1.54) is 0 Å². The second-order valence-electron chi connectivity index (χ2n) is 2.16. The van der Waals surface area contributed by atoms with Gasteiger partial charge in [-0.3, -0.25) is 0 Å². The fourth-order valence-corrected chi connectivity index (χ4v) is 1.63. The molecule has 0 fully saturated rings. The normalized spacial score (nSPS) is 13.1. The zero-order chi connectivity index (χ0) is 7.56. The molecule has 1 rings (SSSR count). The van der Waals surface area contributed by atoms with Crippen molar-refractivity contribution in [1.29, 1.82) is 0 Å². The minimum atomic E-state index is -0.604. The van der Waals surface area contributed by atoms with Crippen LogP contribution in [0.4, 0.5) is 0 Å². The first-order chi connectivity index (χ1) is 4.72. The molecule has 1 nitrogen and oxygen atoms in total. The maximum atomic E-state index is 10.9. The van der Waals surface area contributed by atoms with Gasteiger partial charge < -0.3 is 0 Å². The summed E-state index contributed by atoms with van der Waals surface area (Å²) in [5.41, 5.74) is 0.892. The van der Waals surface area contributed by atoms with Gasteiger partial charge in [0.1, 0.15) is 6.10 Å². The molecule has 1 radical (unpaired) electrons. The number of rotatable bonds is 1. The van der Waals surface area contributed by atoms with Gasteiger partial charge >= 0.3 is 0 Å². The topological polar surface area (TPSA) is 19.9 Å². The van der Waals surface area contributed by atoms with Crippen molar-refractivity contribution in [2.75, 3.05) is 0 Å². The van der Waals surface area contributed by atoms with Gasteiger partial charge in [0.25, 0.3) is 0 Å². The van der Waals surface area contributed by atoms with Gasteiger partial charge in [0.05, 0.1) is 0 Å². The van der Waals surface area contributed by atoms with Crippen LogP contribution in [0.15, 0.2) is 24.3 Å². The van der Waals surface area contributed by atoms with E-state index in [2.05, 4.69) is 22.6 Å². The number of hydrogen-bond acceptors (Lipinski definition) is 0. The van der Waals surface area contributed by atoms with Crippen molar-refractivity contribution in [2.24, 2.45) is 0 Å². The van der Waals surface area contributed by atoms with Crippen LogP contribution >= 0.6 is 22.6 Å². The van der Waals surface area contributed by atoms with Crippen LogP contribution in [0.3, 0.4) is 0 Å². The van der Waals surface area contributed by atoms with Gasteiger partial charge in [0.2, 0.25) is 0 Å². The Morgan fingerprint density at radius 3 is 2.40 bits per heavy atom. The summed E-state index contributed by atoms with van der Waals surface area (Å²) in [5.74, 6) is 0. The van der Waals surface area contributed by atoms with E-state index >= 15 is 0 Å². The first-order valence-corrected chi connectivity index (χ1v) is 4.20. The third-order valence-electron chi connectivity index (χ3n) is 1.34. The van der Waals surface area contributed by atoms with E-state index in [0.717, 1.165) is 9.13 Å². The second-order valence-corrected chi connectivity index (χ2v) is 3.33. The molecule has 0 aromatic heterocycles. The van der Waals surface area contributed by atoms with Crippen molar-refractivity contribution >= 4 is 22.6 Å². The van der Waals surface area contributed by atoms with E-state index in [0.29, 0.717) is 0 Å². The quantitative estimate of drug-likeness (QED) is 0.680. The largest absolute Gasteiger partial charge is 0.228 e. The SMILES string of the molecule is CC([O])c1ccccc1I. The van der Waals surface area contributed by atoms with E-state index in [-0.39, 0.29) is 0 Å². The molecule has 0 heterocycles. The van der Waals surface area contributed by atoms with Crippen LogP contribution in [-0.4, -0.2) is 0 Å². The van der Waals surface area contributed by atoms with Crippen LogP contribution < -0.4 is 0 Å². The van der Waals surface area contributed by atoms with Crippen LogP contribution in [0.5, 0.6) is 0 Å². The molecule has 0 amide bonds. The lowest BCUT2D eigenvalue weighted by atomic mass is 10.1. The molecule has 0 aliphatic rings. The van der Waals surface area contributed by atoms with E-state index in [4.69, 9.17) is 0 Å². The lowest BCUT2D eigenvalue weighted by Gasteiger charge is -2.03. The Hall–Kier alpha value is -0.0900. The van der Waals surface area contributed by atoms with Gasteiger partial charge in [-0.05, 0) is 41.1 Å². The lowest BCUT2D eigenvalue weighted by Crippen LogP contribution is -1.91. The highest BCUT2D eigenvalue weighted by Gasteiger charge is 2.04. The molecule has 1 aromatic rings. The summed E-state index contributed by atoms with van der Waals surface area (Å²) in [7, 11) is 0. The molecular weight excluding hydrogens is 239 g/mol. The number of hydrogen-bond donors (Lipinski definition) is 0. The first kappa shape index (κ1) is 8.01. The maximum absolute atomic E-state index is 10.9. The lowest BCUT2D eigenvalue weighted by molar-refractivity contribution is 0.106. The Bertz CT molecular complexity index is 220. The van der Waals surface area contributed by atoms with Gasteiger partial charge in [-0.25, -0.2) is 5.11 Å². The molecule has 0 bridgehead atoms. The molecule has 1 aromatic carbocycles. The van der Waals surface area contributed by atoms with Crippen molar-refractivity contribution in [3.8, 4) is 0 Å². The molecule has 0 aliphatic heterocycles. The average Bonchev–Trinajstić information content (AvgIpc) is 1.88. The summed E-state index contributed by atoms with van der Waals surface area (Å²) in [5, 5.41) is 10.9. The first-order valence-electron chi connectivity index (χ1n) is 3.12. The molecule has 2 heteroatoms. The Morgan fingerprint density at radius 1 is 1.40 bits per heavy atom. The highest BCUT2D eigenvalue weighted by molar-refractivity contribution is 14.1. The van der Waals surface area contributed by atoms with Crippen LogP contribution in [0.1, 0.15) is 18.6 Å². The van der Waals surface area contributed by atoms with Crippen molar-refractivity contribution in [3.05, 3.63) is 33.4 Å². The summed E-state index contributed by atoms with van der Waals surface area (Å²) in [6.07, 6.45) is -0.604. The molecule has 0 saturated heterocycles. The van der Waals surface area contributed by atoms with Crippen LogP contribution in [0, 0.1) is 3.57 Å². The van der Waals surface area contributed by atoms with Gasteiger partial charge in [0.15, 0.2) is 0 Å². The summed E-state index contributed by atoms with van der Waals surface area (Å²) < 4.78 is 1.06. The van der Waals surface area contributed by atoms with Crippen LogP contribution in [-0.2, 0) is 5.11 Å². The fourth-order valence-electron chi connectivity index (χ4n) is 0.805. The number of benzene rings is 1. The molecule has 1 atom stereocenters. The highest BCUT2D eigenvalue weighted by Crippen LogP contribution is 2.18. The number of halogens is 1. The molecular formula is C8H8IO. The van der Waals surface area contributed by atoms with Crippen molar-refractivity contribution in [3.63, 3.8) is 0 Å². The predicted octanol–water partition coefficient (Wildman–Crippen LogP) is 2.78. The van der Waals surface area contributed by atoms with Gasteiger partial charge in [-0.1, -0.05) is 18.2 Å². The third-order valence-corrected chi connectivity index (χ3v) is 2.33. The molecule has 10 heavy (non-hydrogen) atoms. The Morgan fingerprint density at radius 2 is 2.00 bits per heavy atom. The standard InChI is InChI=1S/C8H8IO/c1-6(10)7-4-2-3-5-8(7)9/h2-6H,1H3. The zero-order valence-electron chi connectivity index (χ0n) is 5.67. The predicted molar refractivity (Wildman–Crippen MR) is 48.3 cm³/mol. The average molecular weight is 247 g/mol. The molecule has 0 spiro atoms. The van der Waals surface area contributed by atoms with Gasteiger partial charge in [-0.2, -0.15) is 0 Å². The zero-order valence-corrected chi connectivity index (χ0v) is 7.83. The molecule has 1 unspecified atom stereocenters. The summed E-state index contributed by atoms with van der Waals surface area (Å²) in [4.78, 5) is 0. The van der Waals surface area contributed by atoms with Crippen molar-refractivity contribution < 1.29 is 5.11 Å². The van der Waals surface area contributed by atoms with Crippen molar-refractivity contribution in [1.82, 2.24) is 0 Å². The van der Waals surface area contributed by atoms with Crippen LogP contribution in [0.2, 0.25) is 0 Å². The minimum Gasteiger partial charge on any atom is -0.228 e. The van der Waals surface area contributed by atoms with Gasteiger partial charge in [0, 0.05) is 3.57 Å².